The van der Waals surface area contributed by atoms with Crippen LogP contribution in [0, 0.1) is 0 Å². The summed E-state index contributed by atoms with van der Waals surface area (Å²) in [5.41, 5.74) is 4.65. The first kappa shape index (κ1) is 17.8. The van der Waals surface area contributed by atoms with Crippen LogP contribution in [-0.2, 0) is 24.2 Å². The van der Waals surface area contributed by atoms with Gasteiger partial charge in [0.25, 0.3) is 0 Å². The van der Waals surface area contributed by atoms with Gasteiger partial charge in [0.1, 0.15) is 5.75 Å². The second-order valence-corrected chi connectivity index (χ2v) is 5.60. The molecule has 0 aliphatic rings. The van der Waals surface area contributed by atoms with Crippen molar-refractivity contribution in [3.8, 4) is 5.75 Å². The molecule has 0 fully saturated rings. The molecule has 0 aliphatic heterocycles. The van der Waals surface area contributed by atoms with Crippen molar-refractivity contribution in [2.24, 2.45) is 0 Å². The smallest absolute Gasteiger partial charge is 0.244 e. The summed E-state index contributed by atoms with van der Waals surface area (Å²) in [5.74, 6) is 0.648. The van der Waals surface area contributed by atoms with Crippen LogP contribution in [0.3, 0.4) is 0 Å². The number of aryl methyl sites for hydroxylation is 2. The summed E-state index contributed by atoms with van der Waals surface area (Å²) < 4.78 is 5.28. The van der Waals surface area contributed by atoms with Crippen LogP contribution in [0.1, 0.15) is 36.1 Å². The van der Waals surface area contributed by atoms with Crippen LogP contribution >= 0.6 is 0 Å². The standard InChI is InChI=1S/C21H25NO2/c1-4-16-10-11-17(5-2)19(14-16)15-22-21(23)13-12-18-8-6-7-9-20(18)24-3/h6-14H,4-5,15H2,1-3H3,(H,22,23)/b13-12+. The highest BCUT2D eigenvalue weighted by Gasteiger charge is 2.04. The highest BCUT2D eigenvalue weighted by atomic mass is 16.5. The monoisotopic (exact) mass is 323 g/mol. The van der Waals surface area contributed by atoms with Crippen LogP contribution in [0.2, 0.25) is 0 Å². The molecule has 3 nitrogen and oxygen atoms in total. The Morgan fingerprint density at radius 2 is 1.88 bits per heavy atom. The number of nitrogens with one attached hydrogen (secondary N) is 1. The van der Waals surface area contributed by atoms with Gasteiger partial charge in [0.05, 0.1) is 7.11 Å². The first-order valence-electron chi connectivity index (χ1n) is 8.37. The van der Waals surface area contributed by atoms with Gasteiger partial charge in [-0.3, -0.25) is 4.79 Å². The van der Waals surface area contributed by atoms with Crippen molar-refractivity contribution in [2.75, 3.05) is 7.11 Å². The number of carbonyl (C=O) groups excluding carboxylic acids is 1. The molecule has 2 rings (SSSR count). The van der Waals surface area contributed by atoms with Crippen molar-refractivity contribution in [2.45, 2.75) is 33.2 Å². The number of hydrogen-bond donors (Lipinski definition) is 1. The normalized spacial score (nSPS) is 10.8. The van der Waals surface area contributed by atoms with Crippen molar-refractivity contribution >= 4 is 12.0 Å². The molecule has 0 heterocycles. The van der Waals surface area contributed by atoms with Gasteiger partial charge >= 0.3 is 0 Å². The maximum absolute atomic E-state index is 12.1. The highest BCUT2D eigenvalue weighted by Crippen LogP contribution is 2.18. The number of amides is 1. The Morgan fingerprint density at radius 1 is 1.08 bits per heavy atom. The maximum atomic E-state index is 12.1. The molecular formula is C21H25NO2. The zero-order valence-corrected chi connectivity index (χ0v) is 14.6. The molecule has 0 aromatic heterocycles. The Kier molecular flexibility index (Phi) is 6.62. The molecular weight excluding hydrogens is 298 g/mol. The average molecular weight is 323 g/mol. The predicted molar refractivity (Wildman–Crippen MR) is 99.1 cm³/mol. The molecule has 0 saturated heterocycles. The topological polar surface area (TPSA) is 38.3 Å². The van der Waals surface area contributed by atoms with Crippen molar-refractivity contribution < 1.29 is 9.53 Å². The summed E-state index contributed by atoms with van der Waals surface area (Å²) >= 11 is 0. The Hall–Kier alpha value is -2.55. The summed E-state index contributed by atoms with van der Waals surface area (Å²) in [6.45, 7) is 4.82. The van der Waals surface area contributed by atoms with Crippen LogP contribution < -0.4 is 10.1 Å². The SMILES string of the molecule is CCc1ccc(CC)c(CNC(=O)/C=C/c2ccccc2OC)c1. The number of hydrogen-bond acceptors (Lipinski definition) is 2. The van der Waals surface area contributed by atoms with Crippen molar-refractivity contribution in [1.29, 1.82) is 0 Å². The largest absolute Gasteiger partial charge is 0.496 e. The van der Waals surface area contributed by atoms with Crippen molar-refractivity contribution in [3.63, 3.8) is 0 Å². The fourth-order valence-corrected chi connectivity index (χ4v) is 2.62. The van der Waals surface area contributed by atoms with E-state index in [1.54, 1.807) is 19.3 Å². The lowest BCUT2D eigenvalue weighted by atomic mass is 10.0. The molecule has 1 N–H and O–H groups in total. The molecule has 0 saturated carbocycles. The third kappa shape index (κ3) is 4.72. The van der Waals surface area contributed by atoms with Gasteiger partial charge in [-0.05, 0) is 41.7 Å². The van der Waals surface area contributed by atoms with E-state index in [-0.39, 0.29) is 5.91 Å². The molecule has 126 valence electrons. The zero-order valence-electron chi connectivity index (χ0n) is 14.6. The van der Waals surface area contributed by atoms with E-state index >= 15 is 0 Å². The maximum Gasteiger partial charge on any atom is 0.244 e. The van der Waals surface area contributed by atoms with Gasteiger partial charge in [0, 0.05) is 18.2 Å². The van der Waals surface area contributed by atoms with Gasteiger partial charge in [-0.15, -0.1) is 0 Å². The first-order chi connectivity index (χ1) is 11.7. The highest BCUT2D eigenvalue weighted by molar-refractivity contribution is 5.92. The van der Waals surface area contributed by atoms with Crippen molar-refractivity contribution in [1.82, 2.24) is 5.32 Å². The summed E-state index contributed by atoms with van der Waals surface area (Å²) in [7, 11) is 1.62. The minimum absolute atomic E-state index is 0.107. The fraction of sp³-hybridized carbons (Fsp3) is 0.286. The number of ether oxygens (including phenoxy) is 1. The molecule has 2 aromatic rings. The fourth-order valence-electron chi connectivity index (χ4n) is 2.62. The van der Waals surface area contributed by atoms with Crippen LogP contribution in [0.25, 0.3) is 6.08 Å². The van der Waals surface area contributed by atoms with Gasteiger partial charge in [-0.1, -0.05) is 50.2 Å². The van der Waals surface area contributed by atoms with Crippen LogP contribution in [0.15, 0.2) is 48.5 Å². The number of benzene rings is 2. The number of para-hydroxylation sites is 1. The molecule has 2 aromatic carbocycles. The molecule has 1 amide bonds. The predicted octanol–water partition coefficient (Wildman–Crippen LogP) is 4.15. The van der Waals surface area contributed by atoms with Gasteiger partial charge in [0.15, 0.2) is 0 Å². The van der Waals surface area contributed by atoms with E-state index in [9.17, 15) is 4.79 Å². The summed E-state index contributed by atoms with van der Waals surface area (Å²) in [4.78, 5) is 12.1. The minimum atomic E-state index is -0.107. The van der Waals surface area contributed by atoms with Gasteiger partial charge < -0.3 is 10.1 Å². The third-order valence-corrected chi connectivity index (χ3v) is 4.07. The average Bonchev–Trinajstić information content (AvgIpc) is 2.64. The van der Waals surface area contributed by atoms with Crippen LogP contribution in [-0.4, -0.2) is 13.0 Å². The van der Waals surface area contributed by atoms with Crippen molar-refractivity contribution in [3.05, 3.63) is 70.8 Å². The van der Waals surface area contributed by atoms with E-state index in [2.05, 4.69) is 37.4 Å². The lowest BCUT2D eigenvalue weighted by Crippen LogP contribution is -2.21. The van der Waals surface area contributed by atoms with Crippen LogP contribution in [0.5, 0.6) is 5.75 Å². The van der Waals surface area contributed by atoms with E-state index in [0.717, 1.165) is 24.2 Å². The van der Waals surface area contributed by atoms with E-state index in [4.69, 9.17) is 4.74 Å². The van der Waals surface area contributed by atoms with Gasteiger partial charge in [-0.25, -0.2) is 0 Å². The Bertz CT molecular complexity index is 720. The lowest BCUT2D eigenvalue weighted by molar-refractivity contribution is -0.116. The molecule has 0 aliphatic carbocycles. The van der Waals surface area contributed by atoms with E-state index in [1.165, 1.54) is 16.7 Å². The Morgan fingerprint density at radius 3 is 2.58 bits per heavy atom. The molecule has 0 bridgehead atoms. The molecule has 0 atom stereocenters. The third-order valence-electron chi connectivity index (χ3n) is 4.07. The number of rotatable bonds is 7. The Labute approximate surface area is 144 Å². The minimum Gasteiger partial charge on any atom is -0.496 e. The van der Waals surface area contributed by atoms with E-state index < -0.39 is 0 Å². The summed E-state index contributed by atoms with van der Waals surface area (Å²) in [6, 6.07) is 14.1. The number of carbonyl (C=O) groups is 1. The number of methoxy groups -OCH3 is 1. The van der Waals surface area contributed by atoms with E-state index in [1.807, 2.05) is 24.3 Å². The summed E-state index contributed by atoms with van der Waals surface area (Å²) in [5, 5.41) is 2.97. The first-order valence-corrected chi connectivity index (χ1v) is 8.37. The zero-order chi connectivity index (χ0) is 17.4. The molecule has 0 radical (unpaired) electrons. The second kappa shape index (κ2) is 8.92. The van der Waals surface area contributed by atoms with Gasteiger partial charge in [0.2, 0.25) is 5.91 Å². The molecule has 0 spiro atoms. The van der Waals surface area contributed by atoms with E-state index in [0.29, 0.717) is 6.54 Å². The molecule has 0 unspecified atom stereocenters. The summed E-state index contributed by atoms with van der Waals surface area (Å²) in [6.07, 6.45) is 5.29. The van der Waals surface area contributed by atoms with Gasteiger partial charge in [-0.2, -0.15) is 0 Å². The molecule has 3 heteroatoms. The second-order valence-electron chi connectivity index (χ2n) is 5.60. The molecule has 24 heavy (non-hydrogen) atoms. The van der Waals surface area contributed by atoms with Crippen LogP contribution in [0.4, 0.5) is 0 Å². The lowest BCUT2D eigenvalue weighted by Gasteiger charge is -2.10. The quantitative estimate of drug-likeness (QED) is 0.777. The Balaban J connectivity index is 2.02.